The van der Waals surface area contributed by atoms with Crippen LogP contribution >= 0.6 is 15.9 Å². The first-order valence-corrected chi connectivity index (χ1v) is 11.2. The Morgan fingerprint density at radius 2 is 1.67 bits per heavy atom. The lowest BCUT2D eigenvalue weighted by atomic mass is 9.95. The molecule has 1 amide bonds. The first-order valence-electron chi connectivity index (χ1n) is 10.4. The molecule has 3 aromatic carbocycles. The zero-order valence-electron chi connectivity index (χ0n) is 18.6. The summed E-state index contributed by atoms with van der Waals surface area (Å²) in [6.07, 6.45) is 3.86. The molecule has 0 bridgehead atoms. The summed E-state index contributed by atoms with van der Waals surface area (Å²) >= 11 is 3.49. The molecule has 0 saturated carbocycles. The summed E-state index contributed by atoms with van der Waals surface area (Å²) in [5.74, 6) is 1.10. The van der Waals surface area contributed by atoms with E-state index in [0.717, 1.165) is 26.9 Å². The van der Waals surface area contributed by atoms with Gasteiger partial charge in [-0.15, -0.1) is 0 Å². The highest BCUT2D eigenvalue weighted by Crippen LogP contribution is 2.34. The van der Waals surface area contributed by atoms with Gasteiger partial charge in [0.25, 0.3) is 5.91 Å². The van der Waals surface area contributed by atoms with Gasteiger partial charge in [-0.05, 0) is 48.4 Å². The van der Waals surface area contributed by atoms with Gasteiger partial charge in [-0.2, -0.15) is 10.1 Å². The molecule has 0 N–H and O–H groups in total. The van der Waals surface area contributed by atoms with Crippen LogP contribution in [0.3, 0.4) is 0 Å². The predicted octanol–water partition coefficient (Wildman–Crippen LogP) is 6.36. The molecule has 33 heavy (non-hydrogen) atoms. The van der Waals surface area contributed by atoms with Gasteiger partial charge in [0.15, 0.2) is 11.5 Å². The Morgan fingerprint density at radius 3 is 2.33 bits per heavy atom. The molecule has 0 spiro atoms. The van der Waals surface area contributed by atoms with Crippen LogP contribution in [0.25, 0.3) is 11.6 Å². The molecule has 0 atom stereocenters. The van der Waals surface area contributed by atoms with Crippen LogP contribution in [0.4, 0.5) is 5.69 Å². The summed E-state index contributed by atoms with van der Waals surface area (Å²) in [6.45, 7) is 1.86. The molecular weight excluding hydrogens is 480 g/mol. The van der Waals surface area contributed by atoms with Crippen LogP contribution in [-0.2, 0) is 4.79 Å². The number of amides is 1. The number of hydrogen-bond donors (Lipinski definition) is 0. The highest BCUT2D eigenvalue weighted by Gasteiger charge is 2.31. The zero-order valence-corrected chi connectivity index (χ0v) is 20.2. The summed E-state index contributed by atoms with van der Waals surface area (Å²) in [5.41, 5.74) is 4.46. The van der Waals surface area contributed by atoms with E-state index in [1.165, 1.54) is 5.01 Å². The minimum atomic E-state index is -0.168. The number of nitrogens with zero attached hydrogens (tertiary/aromatic N) is 2. The minimum absolute atomic E-state index is 0.168. The van der Waals surface area contributed by atoms with E-state index in [4.69, 9.17) is 9.47 Å². The van der Waals surface area contributed by atoms with Crippen molar-refractivity contribution in [3.8, 4) is 11.5 Å². The number of hydrazone groups is 1. The Kier molecular flexibility index (Phi) is 6.75. The average Bonchev–Trinajstić information content (AvgIpc) is 3.14. The fourth-order valence-corrected chi connectivity index (χ4v) is 3.99. The zero-order chi connectivity index (χ0) is 23.4. The van der Waals surface area contributed by atoms with Crippen molar-refractivity contribution in [2.45, 2.75) is 6.92 Å². The lowest BCUT2D eigenvalue weighted by Crippen LogP contribution is -2.21. The van der Waals surface area contributed by atoms with Crippen molar-refractivity contribution in [3.05, 3.63) is 100 Å². The van der Waals surface area contributed by atoms with E-state index < -0.39 is 0 Å². The molecule has 0 aromatic heterocycles. The summed E-state index contributed by atoms with van der Waals surface area (Å²) < 4.78 is 11.9. The summed E-state index contributed by atoms with van der Waals surface area (Å²) in [4.78, 5) is 13.5. The molecule has 3 aromatic rings. The van der Waals surface area contributed by atoms with Crippen molar-refractivity contribution < 1.29 is 14.3 Å². The SMILES string of the molecule is COc1cccc(/C=C/C(=C2/C(=O)N(c3ccccc3)N=C2C)c2ccc(Br)cc2)c1OC. The molecule has 1 heterocycles. The van der Waals surface area contributed by atoms with E-state index in [-0.39, 0.29) is 5.91 Å². The van der Waals surface area contributed by atoms with Gasteiger partial charge in [0.05, 0.1) is 31.2 Å². The largest absolute Gasteiger partial charge is 0.493 e. The monoisotopic (exact) mass is 502 g/mol. The number of ether oxygens (including phenoxy) is 2. The van der Waals surface area contributed by atoms with E-state index in [1.54, 1.807) is 14.2 Å². The van der Waals surface area contributed by atoms with Gasteiger partial charge in [-0.3, -0.25) is 4.79 Å². The molecule has 1 aliphatic rings. The third kappa shape index (κ3) is 4.61. The topological polar surface area (TPSA) is 51.1 Å². The van der Waals surface area contributed by atoms with Crippen LogP contribution in [0.15, 0.2) is 94.0 Å². The van der Waals surface area contributed by atoms with Gasteiger partial charge < -0.3 is 9.47 Å². The molecule has 0 unspecified atom stereocenters. The minimum Gasteiger partial charge on any atom is -0.493 e. The summed E-state index contributed by atoms with van der Waals surface area (Å²) in [6, 6.07) is 23.0. The molecule has 6 heteroatoms. The summed E-state index contributed by atoms with van der Waals surface area (Å²) in [7, 11) is 3.22. The maximum Gasteiger partial charge on any atom is 0.281 e. The second kappa shape index (κ2) is 9.88. The van der Waals surface area contributed by atoms with E-state index in [1.807, 2.05) is 91.9 Å². The Balaban J connectivity index is 1.84. The van der Waals surface area contributed by atoms with Crippen molar-refractivity contribution in [1.29, 1.82) is 0 Å². The Hall–Kier alpha value is -3.64. The molecule has 5 nitrogen and oxygen atoms in total. The van der Waals surface area contributed by atoms with E-state index in [0.29, 0.717) is 22.8 Å². The maximum absolute atomic E-state index is 13.5. The van der Waals surface area contributed by atoms with Crippen LogP contribution in [0, 0.1) is 0 Å². The Labute approximate surface area is 201 Å². The van der Waals surface area contributed by atoms with Crippen molar-refractivity contribution in [1.82, 2.24) is 0 Å². The first kappa shape index (κ1) is 22.6. The normalized spacial score (nSPS) is 15.1. The molecule has 0 fully saturated rings. The fourth-order valence-electron chi connectivity index (χ4n) is 3.73. The van der Waals surface area contributed by atoms with Gasteiger partial charge in [0, 0.05) is 10.0 Å². The number of anilines is 1. The van der Waals surface area contributed by atoms with Crippen molar-refractivity contribution >= 4 is 44.9 Å². The summed E-state index contributed by atoms with van der Waals surface area (Å²) in [5, 5.41) is 6.00. The number of carbonyl (C=O) groups excluding carboxylic acids is 1. The second-order valence-electron chi connectivity index (χ2n) is 7.35. The number of benzene rings is 3. The molecular formula is C27H23BrN2O3. The standard InChI is InChI=1S/C27H23BrN2O3/c1-18-25(27(31)30(29-18)22-9-5-4-6-10-22)23(19-12-15-21(28)16-13-19)17-14-20-8-7-11-24(32-2)26(20)33-3/h4-17H,1-3H3/b17-14+,25-23-. The van der Waals surface area contributed by atoms with Crippen LogP contribution in [0.5, 0.6) is 11.5 Å². The number of methoxy groups -OCH3 is 2. The predicted molar refractivity (Wildman–Crippen MR) is 137 cm³/mol. The lowest BCUT2D eigenvalue weighted by Gasteiger charge is -2.13. The number of para-hydroxylation sites is 2. The lowest BCUT2D eigenvalue weighted by molar-refractivity contribution is -0.114. The molecule has 0 radical (unpaired) electrons. The van der Waals surface area contributed by atoms with E-state index in [2.05, 4.69) is 21.0 Å². The molecule has 0 saturated heterocycles. The number of allylic oxidation sites excluding steroid dienone is 2. The quantitative estimate of drug-likeness (QED) is 0.368. The van der Waals surface area contributed by atoms with E-state index >= 15 is 0 Å². The molecule has 4 rings (SSSR count). The Morgan fingerprint density at radius 1 is 0.939 bits per heavy atom. The van der Waals surface area contributed by atoms with Gasteiger partial charge >= 0.3 is 0 Å². The molecule has 166 valence electrons. The van der Waals surface area contributed by atoms with E-state index in [9.17, 15) is 4.79 Å². The van der Waals surface area contributed by atoms with Crippen LogP contribution in [-0.4, -0.2) is 25.8 Å². The third-order valence-corrected chi connectivity index (χ3v) is 5.83. The van der Waals surface area contributed by atoms with Gasteiger partial charge in [0.2, 0.25) is 0 Å². The first-order chi connectivity index (χ1) is 16.0. The van der Waals surface area contributed by atoms with Crippen LogP contribution < -0.4 is 14.5 Å². The fraction of sp³-hybridized carbons (Fsp3) is 0.111. The number of hydrogen-bond acceptors (Lipinski definition) is 4. The number of carbonyl (C=O) groups is 1. The van der Waals surface area contributed by atoms with Crippen molar-refractivity contribution in [2.24, 2.45) is 5.10 Å². The van der Waals surface area contributed by atoms with Crippen molar-refractivity contribution in [3.63, 3.8) is 0 Å². The van der Waals surface area contributed by atoms with Gasteiger partial charge in [-0.25, -0.2) is 0 Å². The number of rotatable bonds is 6. The third-order valence-electron chi connectivity index (χ3n) is 5.31. The van der Waals surface area contributed by atoms with Gasteiger partial charge in [-0.1, -0.05) is 70.5 Å². The highest BCUT2D eigenvalue weighted by atomic mass is 79.9. The molecule has 0 aliphatic carbocycles. The number of halogens is 1. The highest BCUT2D eigenvalue weighted by molar-refractivity contribution is 9.10. The molecule has 1 aliphatic heterocycles. The Bertz CT molecular complexity index is 1260. The van der Waals surface area contributed by atoms with Crippen LogP contribution in [0.1, 0.15) is 18.1 Å². The van der Waals surface area contributed by atoms with Gasteiger partial charge in [0.1, 0.15) is 0 Å². The maximum atomic E-state index is 13.5. The average molecular weight is 503 g/mol. The smallest absolute Gasteiger partial charge is 0.281 e. The van der Waals surface area contributed by atoms with Crippen molar-refractivity contribution in [2.75, 3.05) is 19.2 Å². The van der Waals surface area contributed by atoms with Crippen LogP contribution in [0.2, 0.25) is 0 Å². The second-order valence-corrected chi connectivity index (χ2v) is 8.27.